The van der Waals surface area contributed by atoms with Crippen LogP contribution in [0.5, 0.6) is 0 Å². The Morgan fingerprint density at radius 1 is 0.970 bits per heavy atom. The first-order valence-electron chi connectivity index (χ1n) is 11.7. The second-order valence-corrected chi connectivity index (χ2v) is 9.21. The summed E-state index contributed by atoms with van der Waals surface area (Å²) in [6.45, 7) is 3.66. The molecule has 2 heterocycles. The predicted octanol–water partition coefficient (Wildman–Crippen LogP) is 4.99. The van der Waals surface area contributed by atoms with Crippen molar-refractivity contribution in [3.8, 4) is 22.5 Å². The van der Waals surface area contributed by atoms with E-state index in [0.29, 0.717) is 25.7 Å². The average molecular weight is 445 g/mol. The van der Waals surface area contributed by atoms with Crippen LogP contribution in [0.15, 0.2) is 53.1 Å². The predicted molar refractivity (Wildman–Crippen MR) is 125 cm³/mol. The fraction of sp³-hybridized carbons (Fsp3) is 0.370. The fourth-order valence-corrected chi connectivity index (χ4v) is 4.81. The maximum absolute atomic E-state index is 12.5. The van der Waals surface area contributed by atoms with E-state index >= 15 is 0 Å². The monoisotopic (exact) mass is 444 g/mol. The van der Waals surface area contributed by atoms with Crippen LogP contribution in [-0.4, -0.2) is 40.1 Å². The SMILES string of the molecule is Cc1noc(-c2ccc(-c3ccc(C4(C(=O)O)CC4)cc3)cc2)c1CCC(=O)N1CCCC1. The minimum absolute atomic E-state index is 0.203. The summed E-state index contributed by atoms with van der Waals surface area (Å²) >= 11 is 0. The zero-order valence-electron chi connectivity index (χ0n) is 18.8. The minimum atomic E-state index is -0.736. The molecule has 0 unspecified atom stereocenters. The van der Waals surface area contributed by atoms with Gasteiger partial charge in [-0.05, 0) is 55.7 Å². The van der Waals surface area contributed by atoms with Gasteiger partial charge in [-0.25, -0.2) is 0 Å². The van der Waals surface area contributed by atoms with Gasteiger partial charge in [-0.1, -0.05) is 53.7 Å². The Kier molecular flexibility index (Phi) is 5.52. The van der Waals surface area contributed by atoms with Crippen molar-refractivity contribution in [1.82, 2.24) is 10.1 Å². The molecule has 1 saturated heterocycles. The summed E-state index contributed by atoms with van der Waals surface area (Å²) < 4.78 is 5.64. The van der Waals surface area contributed by atoms with Crippen molar-refractivity contribution in [3.63, 3.8) is 0 Å². The van der Waals surface area contributed by atoms with Crippen LogP contribution in [0.1, 0.15) is 48.9 Å². The molecule has 1 aliphatic carbocycles. The van der Waals surface area contributed by atoms with E-state index in [0.717, 1.165) is 65.2 Å². The number of benzene rings is 2. The molecule has 0 bridgehead atoms. The van der Waals surface area contributed by atoms with Crippen molar-refractivity contribution in [1.29, 1.82) is 0 Å². The van der Waals surface area contributed by atoms with Crippen molar-refractivity contribution in [3.05, 3.63) is 65.4 Å². The van der Waals surface area contributed by atoms with Gasteiger partial charge in [-0.3, -0.25) is 9.59 Å². The molecular weight excluding hydrogens is 416 g/mol. The number of rotatable bonds is 7. The van der Waals surface area contributed by atoms with Crippen LogP contribution in [-0.2, 0) is 21.4 Å². The molecule has 1 N–H and O–H groups in total. The molecule has 33 heavy (non-hydrogen) atoms. The average Bonchev–Trinajstić information content (AvgIpc) is 3.30. The lowest BCUT2D eigenvalue weighted by molar-refractivity contribution is -0.140. The van der Waals surface area contributed by atoms with Gasteiger partial charge in [0.05, 0.1) is 11.1 Å². The lowest BCUT2D eigenvalue weighted by Gasteiger charge is -2.15. The molecule has 2 fully saturated rings. The van der Waals surface area contributed by atoms with Gasteiger partial charge in [0.15, 0.2) is 5.76 Å². The Balaban J connectivity index is 1.31. The van der Waals surface area contributed by atoms with Crippen molar-refractivity contribution >= 4 is 11.9 Å². The highest BCUT2D eigenvalue weighted by Gasteiger charge is 2.51. The fourth-order valence-electron chi connectivity index (χ4n) is 4.81. The van der Waals surface area contributed by atoms with Gasteiger partial charge in [-0.2, -0.15) is 0 Å². The molecule has 2 aliphatic rings. The van der Waals surface area contributed by atoms with E-state index in [2.05, 4.69) is 5.16 Å². The van der Waals surface area contributed by atoms with E-state index in [4.69, 9.17) is 4.52 Å². The second-order valence-electron chi connectivity index (χ2n) is 9.21. The van der Waals surface area contributed by atoms with Crippen molar-refractivity contribution < 1.29 is 19.2 Å². The standard InChI is InChI=1S/C27H28N2O4/c1-18-23(12-13-24(30)29-16-2-3-17-29)25(33-28-18)21-6-4-19(5-7-21)20-8-10-22(11-9-20)27(14-15-27)26(31)32/h4-11H,2-3,12-17H2,1H3,(H,31,32). The van der Waals surface area contributed by atoms with E-state index in [-0.39, 0.29) is 5.91 Å². The number of carboxylic acid groups (broad SMARTS) is 1. The van der Waals surface area contributed by atoms with Crippen LogP contribution >= 0.6 is 0 Å². The van der Waals surface area contributed by atoms with E-state index in [9.17, 15) is 14.7 Å². The molecule has 0 atom stereocenters. The van der Waals surface area contributed by atoms with Crippen LogP contribution in [0.4, 0.5) is 0 Å². The van der Waals surface area contributed by atoms with E-state index in [1.54, 1.807) is 0 Å². The van der Waals surface area contributed by atoms with Crippen LogP contribution in [0.25, 0.3) is 22.5 Å². The highest BCUT2D eigenvalue weighted by Crippen LogP contribution is 2.48. The third kappa shape index (κ3) is 4.06. The molecule has 5 rings (SSSR count). The number of likely N-dealkylation sites (tertiary alicyclic amines) is 1. The molecular formula is C27H28N2O4. The van der Waals surface area contributed by atoms with Crippen molar-refractivity contribution in [2.45, 2.75) is 50.9 Å². The lowest BCUT2D eigenvalue weighted by Crippen LogP contribution is -2.27. The van der Waals surface area contributed by atoms with Crippen LogP contribution in [0.2, 0.25) is 0 Å². The number of carboxylic acids is 1. The van der Waals surface area contributed by atoms with E-state index in [1.807, 2.05) is 60.4 Å². The molecule has 6 heteroatoms. The Bertz CT molecular complexity index is 1170. The van der Waals surface area contributed by atoms with Crippen molar-refractivity contribution in [2.24, 2.45) is 0 Å². The zero-order valence-corrected chi connectivity index (χ0v) is 18.8. The highest BCUT2D eigenvalue weighted by molar-refractivity contribution is 5.85. The van der Waals surface area contributed by atoms with Crippen LogP contribution in [0.3, 0.4) is 0 Å². The molecule has 3 aromatic rings. The maximum atomic E-state index is 12.5. The maximum Gasteiger partial charge on any atom is 0.314 e. The molecule has 170 valence electrons. The largest absolute Gasteiger partial charge is 0.481 e. The van der Waals surface area contributed by atoms with E-state index in [1.165, 1.54) is 0 Å². The third-order valence-corrected chi connectivity index (χ3v) is 7.11. The summed E-state index contributed by atoms with van der Waals surface area (Å²) in [6, 6.07) is 15.9. The Morgan fingerprint density at radius 2 is 1.55 bits per heavy atom. The lowest BCUT2D eigenvalue weighted by atomic mass is 9.93. The number of aliphatic carboxylic acids is 1. The van der Waals surface area contributed by atoms with Gasteiger partial charge >= 0.3 is 5.97 Å². The Morgan fingerprint density at radius 3 is 2.12 bits per heavy atom. The number of carbonyl (C=O) groups is 2. The number of aromatic nitrogens is 1. The quantitative estimate of drug-likeness (QED) is 0.555. The molecule has 1 amide bonds. The number of nitrogens with zero attached hydrogens (tertiary/aromatic N) is 2. The number of aryl methyl sites for hydroxylation is 1. The summed E-state index contributed by atoms with van der Waals surface area (Å²) in [7, 11) is 0. The first-order valence-corrected chi connectivity index (χ1v) is 11.7. The Labute approximate surface area is 193 Å². The first kappa shape index (κ1) is 21.4. The highest BCUT2D eigenvalue weighted by atomic mass is 16.5. The normalized spacial score (nSPS) is 16.7. The topological polar surface area (TPSA) is 83.6 Å². The molecule has 2 aromatic carbocycles. The van der Waals surface area contributed by atoms with Crippen LogP contribution < -0.4 is 0 Å². The third-order valence-electron chi connectivity index (χ3n) is 7.11. The van der Waals surface area contributed by atoms with Crippen LogP contribution in [0, 0.1) is 6.92 Å². The van der Waals surface area contributed by atoms with Crippen molar-refractivity contribution in [2.75, 3.05) is 13.1 Å². The number of hydrogen-bond acceptors (Lipinski definition) is 4. The number of carbonyl (C=O) groups excluding carboxylic acids is 1. The molecule has 1 aliphatic heterocycles. The smallest absolute Gasteiger partial charge is 0.314 e. The van der Waals surface area contributed by atoms with E-state index < -0.39 is 11.4 Å². The summed E-state index contributed by atoms with van der Waals surface area (Å²) in [5.41, 5.74) is 5.03. The summed E-state index contributed by atoms with van der Waals surface area (Å²) in [4.78, 5) is 26.0. The molecule has 1 saturated carbocycles. The van der Waals surface area contributed by atoms with Gasteiger partial charge in [0.2, 0.25) is 5.91 Å². The minimum Gasteiger partial charge on any atom is -0.481 e. The number of hydrogen-bond donors (Lipinski definition) is 1. The second kappa shape index (κ2) is 8.50. The molecule has 0 radical (unpaired) electrons. The van der Waals surface area contributed by atoms with Gasteiger partial charge in [0, 0.05) is 30.6 Å². The molecule has 1 aromatic heterocycles. The van der Waals surface area contributed by atoms with Gasteiger partial charge in [-0.15, -0.1) is 0 Å². The number of amides is 1. The van der Waals surface area contributed by atoms with Gasteiger partial charge in [0.25, 0.3) is 0 Å². The molecule has 0 spiro atoms. The molecule has 6 nitrogen and oxygen atoms in total. The van der Waals surface area contributed by atoms with Gasteiger partial charge in [0.1, 0.15) is 0 Å². The zero-order chi connectivity index (χ0) is 23.0. The summed E-state index contributed by atoms with van der Waals surface area (Å²) in [5, 5.41) is 13.6. The van der Waals surface area contributed by atoms with Gasteiger partial charge < -0.3 is 14.5 Å². The Hall–Kier alpha value is -3.41. The summed E-state index contributed by atoms with van der Waals surface area (Å²) in [5.74, 6) is 0.189. The summed E-state index contributed by atoms with van der Waals surface area (Å²) in [6.07, 6.45) is 4.70. The first-order chi connectivity index (χ1) is 16.0.